The molecule has 0 aromatic heterocycles. The molecular formula is C17H37NO3. The molecule has 0 unspecified atom stereocenters. The molecule has 0 rings (SSSR count). The van der Waals surface area contributed by atoms with Crippen LogP contribution in [0.4, 0.5) is 4.79 Å². The van der Waals surface area contributed by atoms with Crippen molar-refractivity contribution >= 4 is 6.16 Å². The maximum atomic E-state index is 9.27. The molecule has 0 amide bonds. The van der Waals surface area contributed by atoms with Crippen LogP contribution in [0.5, 0.6) is 0 Å². The lowest BCUT2D eigenvalue weighted by molar-refractivity contribution is -0.927. The monoisotopic (exact) mass is 303 g/mol. The number of nitrogens with zero attached hydrogens (tertiary/aromatic N) is 1. The van der Waals surface area contributed by atoms with Gasteiger partial charge >= 0.3 is 0 Å². The van der Waals surface area contributed by atoms with Gasteiger partial charge in [0.25, 0.3) is 6.16 Å². The molecule has 128 valence electrons. The first-order valence-corrected chi connectivity index (χ1v) is 8.70. The fraction of sp³-hybridized carbons (Fsp3) is 0.941. The van der Waals surface area contributed by atoms with Crippen LogP contribution in [-0.2, 0) is 4.74 Å². The fourth-order valence-corrected chi connectivity index (χ4v) is 2.41. The second-order valence-corrected chi connectivity index (χ2v) is 5.57. The second kappa shape index (κ2) is 15.6. The van der Waals surface area contributed by atoms with Crippen molar-refractivity contribution in [3.05, 3.63) is 0 Å². The van der Waals surface area contributed by atoms with E-state index in [9.17, 15) is 9.90 Å². The predicted molar refractivity (Wildman–Crippen MR) is 87.1 cm³/mol. The first-order valence-electron chi connectivity index (χ1n) is 8.70. The van der Waals surface area contributed by atoms with Crippen molar-refractivity contribution < 1.29 is 19.1 Å². The summed E-state index contributed by atoms with van der Waals surface area (Å²) < 4.78 is 5.23. The van der Waals surface area contributed by atoms with Crippen LogP contribution >= 0.6 is 0 Å². The number of carbonyl (C=O) groups excluding carboxylic acids is 1. The van der Waals surface area contributed by atoms with E-state index < -0.39 is 6.16 Å². The van der Waals surface area contributed by atoms with Gasteiger partial charge in [0, 0.05) is 6.61 Å². The predicted octanol–water partition coefficient (Wildman–Crippen LogP) is 3.59. The lowest BCUT2D eigenvalue weighted by Crippen LogP contribution is -2.49. The number of carboxylic acid groups (broad SMARTS) is 1. The number of ether oxygens (including phenoxy) is 1. The van der Waals surface area contributed by atoms with E-state index in [2.05, 4.69) is 32.4 Å². The molecule has 4 nitrogen and oxygen atoms in total. The van der Waals surface area contributed by atoms with Crippen LogP contribution in [0.3, 0.4) is 0 Å². The molecule has 0 aliphatic carbocycles. The number of carbonyl (C=O) groups is 1. The van der Waals surface area contributed by atoms with Crippen molar-refractivity contribution in [2.75, 3.05) is 32.8 Å². The number of rotatable bonds is 11. The molecule has 0 bridgehead atoms. The van der Waals surface area contributed by atoms with Crippen LogP contribution in [0, 0.1) is 0 Å². The summed E-state index contributed by atoms with van der Waals surface area (Å²) in [5, 5.41) is 9.27. The molecule has 0 aliphatic rings. The van der Waals surface area contributed by atoms with Crippen LogP contribution in [-0.4, -0.2) is 43.4 Å². The SMILES string of the molecule is CCCC[N+](CC)(CCCC)CCCC.CCOC(=O)[O-]. The third-order valence-corrected chi connectivity index (χ3v) is 3.89. The Bertz CT molecular complexity index is 210. The summed E-state index contributed by atoms with van der Waals surface area (Å²) in [5.74, 6) is 0. The molecule has 21 heavy (non-hydrogen) atoms. The average molecular weight is 303 g/mol. The van der Waals surface area contributed by atoms with Gasteiger partial charge in [-0.25, -0.2) is 0 Å². The highest BCUT2D eigenvalue weighted by Gasteiger charge is 2.22. The largest absolute Gasteiger partial charge is 0.550 e. The van der Waals surface area contributed by atoms with Crippen LogP contribution < -0.4 is 5.11 Å². The molecule has 0 spiro atoms. The lowest BCUT2D eigenvalue weighted by atomic mass is 10.1. The first-order chi connectivity index (χ1) is 10.0. The number of quaternary nitrogens is 1. The van der Waals surface area contributed by atoms with Gasteiger partial charge in [-0.05, 0) is 33.1 Å². The maximum Gasteiger partial charge on any atom is 0.251 e. The van der Waals surface area contributed by atoms with E-state index in [1.165, 1.54) is 69.2 Å². The van der Waals surface area contributed by atoms with Gasteiger partial charge in [0.15, 0.2) is 0 Å². The van der Waals surface area contributed by atoms with Gasteiger partial charge in [0.2, 0.25) is 0 Å². The molecule has 0 N–H and O–H groups in total. The molecule has 0 aromatic carbocycles. The molecule has 0 saturated carbocycles. The average Bonchev–Trinajstić information content (AvgIpc) is 2.47. The topological polar surface area (TPSA) is 49.4 Å². The van der Waals surface area contributed by atoms with Gasteiger partial charge in [-0.2, -0.15) is 0 Å². The van der Waals surface area contributed by atoms with Crippen molar-refractivity contribution in [1.29, 1.82) is 0 Å². The summed E-state index contributed by atoms with van der Waals surface area (Å²) >= 11 is 0. The van der Waals surface area contributed by atoms with Crippen molar-refractivity contribution in [3.8, 4) is 0 Å². The minimum atomic E-state index is -1.46. The highest BCUT2D eigenvalue weighted by Crippen LogP contribution is 2.14. The first kappa shape index (κ1) is 22.5. The fourth-order valence-electron chi connectivity index (χ4n) is 2.41. The summed E-state index contributed by atoms with van der Waals surface area (Å²) in [6.07, 6.45) is 6.79. The molecule has 0 heterocycles. The van der Waals surface area contributed by atoms with Crippen LogP contribution in [0.15, 0.2) is 0 Å². The van der Waals surface area contributed by atoms with E-state index >= 15 is 0 Å². The Morgan fingerprint density at radius 1 is 0.857 bits per heavy atom. The molecule has 0 aromatic rings. The van der Waals surface area contributed by atoms with Gasteiger partial charge in [0.1, 0.15) is 0 Å². The number of unbranched alkanes of at least 4 members (excludes halogenated alkanes) is 3. The van der Waals surface area contributed by atoms with Gasteiger partial charge in [-0.15, -0.1) is 0 Å². The molecule has 4 heteroatoms. The second-order valence-electron chi connectivity index (χ2n) is 5.57. The summed E-state index contributed by atoms with van der Waals surface area (Å²) in [6, 6.07) is 0. The van der Waals surface area contributed by atoms with Crippen molar-refractivity contribution in [3.63, 3.8) is 0 Å². The zero-order chi connectivity index (χ0) is 16.6. The van der Waals surface area contributed by atoms with Crippen LogP contribution in [0.2, 0.25) is 0 Å². The zero-order valence-electron chi connectivity index (χ0n) is 15.0. The van der Waals surface area contributed by atoms with Crippen LogP contribution in [0.25, 0.3) is 0 Å². The van der Waals surface area contributed by atoms with Crippen molar-refractivity contribution in [2.45, 2.75) is 73.1 Å². The van der Waals surface area contributed by atoms with Crippen molar-refractivity contribution in [1.82, 2.24) is 0 Å². The highest BCUT2D eigenvalue weighted by molar-refractivity contribution is 5.53. The van der Waals surface area contributed by atoms with E-state index in [-0.39, 0.29) is 6.61 Å². The third-order valence-electron chi connectivity index (χ3n) is 3.89. The smallest absolute Gasteiger partial charge is 0.251 e. The van der Waals surface area contributed by atoms with Gasteiger partial charge in [-0.3, -0.25) is 0 Å². The molecular weight excluding hydrogens is 266 g/mol. The summed E-state index contributed by atoms with van der Waals surface area (Å²) in [5.41, 5.74) is 0. The van der Waals surface area contributed by atoms with E-state index in [0.717, 1.165) is 0 Å². The van der Waals surface area contributed by atoms with Gasteiger partial charge in [0.05, 0.1) is 26.2 Å². The summed E-state index contributed by atoms with van der Waals surface area (Å²) in [4.78, 5) is 9.27. The van der Waals surface area contributed by atoms with Gasteiger partial charge < -0.3 is 19.1 Å². The quantitative estimate of drug-likeness (QED) is 0.433. The highest BCUT2D eigenvalue weighted by atomic mass is 16.7. The Balaban J connectivity index is 0. The Labute approximate surface area is 132 Å². The van der Waals surface area contributed by atoms with Gasteiger partial charge in [-0.1, -0.05) is 40.0 Å². The molecule has 0 aliphatic heterocycles. The Morgan fingerprint density at radius 2 is 1.24 bits per heavy atom. The molecule has 0 saturated heterocycles. The molecule has 0 fully saturated rings. The zero-order valence-corrected chi connectivity index (χ0v) is 15.0. The Hall–Kier alpha value is -0.770. The van der Waals surface area contributed by atoms with E-state index in [1.807, 2.05) is 0 Å². The Morgan fingerprint density at radius 3 is 1.38 bits per heavy atom. The standard InChI is InChI=1S/C14H32N.C3H6O3/c1-5-9-12-15(8-4,13-10-6-2)14-11-7-3;1-2-6-3(4)5/h5-14H2,1-4H3;2H2,1H3,(H,4,5)/q+1;/p-1. The maximum absolute atomic E-state index is 9.27. The van der Waals surface area contributed by atoms with Crippen molar-refractivity contribution in [2.24, 2.45) is 0 Å². The number of hydrogen-bond acceptors (Lipinski definition) is 3. The van der Waals surface area contributed by atoms with E-state index in [1.54, 1.807) is 6.92 Å². The normalized spacial score (nSPS) is 10.7. The van der Waals surface area contributed by atoms with E-state index in [4.69, 9.17) is 0 Å². The Kier molecular flexibility index (Phi) is 16.7. The summed E-state index contributed by atoms with van der Waals surface area (Å²) in [7, 11) is 0. The molecule has 0 radical (unpaired) electrons. The minimum Gasteiger partial charge on any atom is -0.550 e. The summed E-state index contributed by atoms with van der Waals surface area (Å²) in [6.45, 7) is 16.6. The number of hydrogen-bond donors (Lipinski definition) is 0. The molecule has 0 atom stereocenters. The van der Waals surface area contributed by atoms with Crippen LogP contribution in [0.1, 0.15) is 73.1 Å². The lowest BCUT2D eigenvalue weighted by Gasteiger charge is -2.38. The minimum absolute atomic E-state index is 0.169. The van der Waals surface area contributed by atoms with E-state index in [0.29, 0.717) is 0 Å². The third kappa shape index (κ3) is 13.9.